The van der Waals surface area contributed by atoms with E-state index in [0.29, 0.717) is 16.5 Å². The molecule has 8 heteroatoms. The Morgan fingerprint density at radius 3 is 3.00 bits per heavy atom. The first-order valence-corrected chi connectivity index (χ1v) is 6.23. The van der Waals surface area contributed by atoms with E-state index in [1.807, 2.05) is 11.4 Å². The van der Waals surface area contributed by atoms with Gasteiger partial charge in [0.05, 0.1) is 4.88 Å². The Hall–Kier alpha value is -2.61. The number of rotatable bonds is 3. The van der Waals surface area contributed by atoms with Crippen LogP contribution in [0.1, 0.15) is 9.67 Å². The Morgan fingerprint density at radius 2 is 2.26 bits per heavy atom. The standard InChI is InChI=1S/C11H8N6OS/c18-11(8-2-1-3-19-8)16-9-4-10(14-6-13-9)17-7-12-5-15-17/h1-7H,(H,13,14,16,18). The average molecular weight is 272 g/mol. The van der Waals surface area contributed by atoms with Gasteiger partial charge in [-0.05, 0) is 11.4 Å². The summed E-state index contributed by atoms with van der Waals surface area (Å²) in [7, 11) is 0. The van der Waals surface area contributed by atoms with Gasteiger partial charge in [0.15, 0.2) is 5.82 Å². The fourth-order valence-corrected chi connectivity index (χ4v) is 2.07. The fourth-order valence-electron chi connectivity index (χ4n) is 1.45. The first kappa shape index (κ1) is 11.5. The van der Waals surface area contributed by atoms with Crippen LogP contribution in [0.4, 0.5) is 5.82 Å². The van der Waals surface area contributed by atoms with Crippen LogP contribution in [0.5, 0.6) is 0 Å². The smallest absolute Gasteiger partial charge is 0.266 e. The normalized spacial score (nSPS) is 10.3. The maximum atomic E-state index is 11.9. The van der Waals surface area contributed by atoms with Crippen molar-refractivity contribution >= 4 is 23.1 Å². The maximum Gasteiger partial charge on any atom is 0.266 e. The van der Waals surface area contributed by atoms with Gasteiger partial charge in [-0.25, -0.2) is 19.6 Å². The summed E-state index contributed by atoms with van der Waals surface area (Å²) in [5, 5.41) is 8.51. The van der Waals surface area contributed by atoms with Gasteiger partial charge in [-0.1, -0.05) is 6.07 Å². The van der Waals surface area contributed by atoms with E-state index in [9.17, 15) is 4.79 Å². The second kappa shape index (κ2) is 4.94. The van der Waals surface area contributed by atoms with Crippen LogP contribution in [0.25, 0.3) is 5.82 Å². The summed E-state index contributed by atoms with van der Waals surface area (Å²) in [5.41, 5.74) is 0. The Bertz CT molecular complexity index is 679. The van der Waals surface area contributed by atoms with Gasteiger partial charge in [0.25, 0.3) is 5.91 Å². The predicted molar refractivity (Wildman–Crippen MR) is 69.2 cm³/mol. The van der Waals surface area contributed by atoms with Gasteiger partial charge in [-0.15, -0.1) is 11.3 Å². The van der Waals surface area contributed by atoms with E-state index in [-0.39, 0.29) is 5.91 Å². The summed E-state index contributed by atoms with van der Waals surface area (Å²) < 4.78 is 1.49. The Kier molecular flexibility index (Phi) is 2.99. The number of carbonyl (C=O) groups excluding carboxylic acids is 1. The lowest BCUT2D eigenvalue weighted by Crippen LogP contribution is -2.12. The van der Waals surface area contributed by atoms with Crippen molar-refractivity contribution in [2.75, 3.05) is 5.32 Å². The third-order valence-corrected chi connectivity index (χ3v) is 3.16. The quantitative estimate of drug-likeness (QED) is 0.778. The zero-order chi connectivity index (χ0) is 13.1. The van der Waals surface area contributed by atoms with Gasteiger partial charge in [-0.3, -0.25) is 4.79 Å². The SMILES string of the molecule is O=C(Nc1cc(-n2cncn2)ncn1)c1cccs1. The Labute approximate surface area is 112 Å². The molecule has 94 valence electrons. The Morgan fingerprint density at radius 1 is 1.32 bits per heavy atom. The number of nitrogens with one attached hydrogen (secondary N) is 1. The molecule has 3 aromatic rings. The highest BCUT2D eigenvalue weighted by molar-refractivity contribution is 7.12. The molecule has 0 aromatic carbocycles. The summed E-state index contributed by atoms with van der Waals surface area (Å²) in [4.78, 5) is 24.4. The highest BCUT2D eigenvalue weighted by atomic mass is 32.1. The molecule has 0 aliphatic heterocycles. The van der Waals surface area contributed by atoms with E-state index in [4.69, 9.17) is 0 Å². The van der Waals surface area contributed by atoms with Crippen LogP contribution in [-0.4, -0.2) is 30.6 Å². The number of hydrogen-bond acceptors (Lipinski definition) is 6. The monoisotopic (exact) mass is 272 g/mol. The largest absolute Gasteiger partial charge is 0.306 e. The highest BCUT2D eigenvalue weighted by Crippen LogP contribution is 2.12. The van der Waals surface area contributed by atoms with Crippen LogP contribution < -0.4 is 5.32 Å². The van der Waals surface area contributed by atoms with Gasteiger partial charge in [-0.2, -0.15) is 5.10 Å². The molecule has 0 saturated carbocycles. The molecule has 0 fully saturated rings. The van der Waals surface area contributed by atoms with Crippen molar-refractivity contribution in [3.8, 4) is 5.82 Å². The second-order valence-electron chi connectivity index (χ2n) is 3.53. The molecular weight excluding hydrogens is 264 g/mol. The minimum Gasteiger partial charge on any atom is -0.306 e. The van der Waals surface area contributed by atoms with Gasteiger partial charge in [0.1, 0.15) is 24.8 Å². The molecule has 0 spiro atoms. The van der Waals surface area contributed by atoms with E-state index in [0.717, 1.165) is 0 Å². The molecular formula is C11H8N6OS. The topological polar surface area (TPSA) is 85.6 Å². The zero-order valence-corrected chi connectivity index (χ0v) is 10.4. The lowest BCUT2D eigenvalue weighted by atomic mass is 10.4. The molecule has 7 nitrogen and oxygen atoms in total. The molecule has 1 amide bonds. The number of nitrogens with zero attached hydrogens (tertiary/aromatic N) is 5. The van der Waals surface area contributed by atoms with Crippen LogP contribution in [0.3, 0.4) is 0 Å². The third-order valence-electron chi connectivity index (χ3n) is 2.29. The number of hydrogen-bond donors (Lipinski definition) is 1. The maximum absolute atomic E-state index is 11.9. The molecule has 3 aromatic heterocycles. The van der Waals surface area contributed by atoms with Gasteiger partial charge in [0, 0.05) is 6.07 Å². The summed E-state index contributed by atoms with van der Waals surface area (Å²) in [5.74, 6) is 0.756. The van der Waals surface area contributed by atoms with Crippen LogP contribution in [-0.2, 0) is 0 Å². The zero-order valence-electron chi connectivity index (χ0n) is 9.59. The molecule has 3 rings (SSSR count). The summed E-state index contributed by atoms with van der Waals surface area (Å²) >= 11 is 1.37. The summed E-state index contributed by atoms with van der Waals surface area (Å²) in [6, 6.07) is 5.19. The number of carbonyl (C=O) groups is 1. The number of aromatic nitrogens is 5. The molecule has 0 aliphatic rings. The van der Waals surface area contributed by atoms with E-state index < -0.39 is 0 Å². The Balaban J connectivity index is 1.82. The molecule has 3 heterocycles. The summed E-state index contributed by atoms with van der Waals surface area (Å²) in [6.45, 7) is 0. The summed E-state index contributed by atoms with van der Waals surface area (Å²) in [6.07, 6.45) is 4.29. The lowest BCUT2D eigenvalue weighted by Gasteiger charge is -2.04. The third kappa shape index (κ3) is 2.47. The molecule has 0 saturated heterocycles. The van der Waals surface area contributed by atoms with Crippen molar-refractivity contribution in [3.05, 3.63) is 47.4 Å². The molecule has 19 heavy (non-hydrogen) atoms. The van der Waals surface area contributed by atoms with Crippen molar-refractivity contribution in [2.45, 2.75) is 0 Å². The van der Waals surface area contributed by atoms with Crippen molar-refractivity contribution in [1.29, 1.82) is 0 Å². The minimum atomic E-state index is -0.196. The van der Waals surface area contributed by atoms with Crippen molar-refractivity contribution in [2.24, 2.45) is 0 Å². The first-order chi connectivity index (χ1) is 9.33. The van der Waals surface area contributed by atoms with E-state index in [2.05, 4.69) is 25.4 Å². The molecule has 0 aliphatic carbocycles. The fraction of sp³-hybridized carbons (Fsp3) is 0. The van der Waals surface area contributed by atoms with Gasteiger partial charge < -0.3 is 5.32 Å². The predicted octanol–water partition coefficient (Wildman–Crippen LogP) is 1.37. The molecule has 0 bridgehead atoms. The first-order valence-electron chi connectivity index (χ1n) is 5.35. The molecule has 1 N–H and O–H groups in total. The second-order valence-corrected chi connectivity index (χ2v) is 4.48. The van der Waals surface area contributed by atoms with Crippen LogP contribution in [0, 0.1) is 0 Å². The van der Waals surface area contributed by atoms with Crippen LogP contribution in [0.15, 0.2) is 42.6 Å². The highest BCUT2D eigenvalue weighted by Gasteiger charge is 2.08. The van der Waals surface area contributed by atoms with Gasteiger partial charge in [0.2, 0.25) is 0 Å². The van der Waals surface area contributed by atoms with Crippen molar-refractivity contribution in [1.82, 2.24) is 24.7 Å². The average Bonchev–Trinajstić information content (AvgIpc) is 3.13. The number of anilines is 1. The number of amides is 1. The van der Waals surface area contributed by atoms with Crippen molar-refractivity contribution in [3.63, 3.8) is 0 Å². The minimum absolute atomic E-state index is 0.196. The van der Waals surface area contributed by atoms with Crippen LogP contribution in [0.2, 0.25) is 0 Å². The van der Waals surface area contributed by atoms with Crippen LogP contribution >= 0.6 is 11.3 Å². The number of thiophene rings is 1. The lowest BCUT2D eigenvalue weighted by molar-refractivity contribution is 0.103. The molecule has 0 radical (unpaired) electrons. The van der Waals surface area contributed by atoms with Gasteiger partial charge >= 0.3 is 0 Å². The van der Waals surface area contributed by atoms with E-state index in [1.165, 1.54) is 35.0 Å². The molecule has 0 unspecified atom stereocenters. The van der Waals surface area contributed by atoms with Crippen molar-refractivity contribution < 1.29 is 4.79 Å². The molecule has 0 atom stereocenters. The van der Waals surface area contributed by atoms with E-state index in [1.54, 1.807) is 12.1 Å². The van der Waals surface area contributed by atoms with E-state index >= 15 is 0 Å².